The lowest BCUT2D eigenvalue weighted by molar-refractivity contribution is -0.133. The predicted molar refractivity (Wildman–Crippen MR) is 72.6 cm³/mol. The fourth-order valence-corrected chi connectivity index (χ4v) is 2.04. The molecule has 0 aliphatic carbocycles. The molecule has 1 rings (SSSR count). The van der Waals surface area contributed by atoms with Gasteiger partial charge in [-0.05, 0) is 40.9 Å². The van der Waals surface area contributed by atoms with Crippen LogP contribution >= 0.6 is 0 Å². The lowest BCUT2D eigenvalue weighted by Crippen LogP contribution is -2.53. The molecule has 1 amide bonds. The molecule has 0 radical (unpaired) electrons. The van der Waals surface area contributed by atoms with Gasteiger partial charge in [-0.2, -0.15) is 0 Å². The van der Waals surface area contributed by atoms with Crippen LogP contribution in [0.1, 0.15) is 20.3 Å². The molecule has 0 aromatic carbocycles. The number of ether oxygens (including phenoxy) is 1. The number of nitrogens with zero attached hydrogens (tertiary/aromatic N) is 1. The van der Waals surface area contributed by atoms with E-state index in [9.17, 15) is 4.79 Å². The van der Waals surface area contributed by atoms with Gasteiger partial charge in [0.25, 0.3) is 0 Å². The van der Waals surface area contributed by atoms with Crippen LogP contribution in [0.15, 0.2) is 0 Å². The summed E-state index contributed by atoms with van der Waals surface area (Å²) in [5, 5.41) is 6.32. The maximum Gasteiger partial charge on any atom is 0.229 e. The number of carbonyl (C=O) groups excluding carboxylic acids is 1. The summed E-state index contributed by atoms with van der Waals surface area (Å²) in [7, 11) is 5.69. The fraction of sp³-hybridized carbons (Fsp3) is 0.923. The van der Waals surface area contributed by atoms with Crippen LogP contribution in [-0.4, -0.2) is 63.8 Å². The van der Waals surface area contributed by atoms with Gasteiger partial charge in [-0.3, -0.25) is 4.79 Å². The largest absolute Gasteiger partial charge is 0.384 e. The van der Waals surface area contributed by atoms with Crippen molar-refractivity contribution in [3.8, 4) is 0 Å². The molecule has 0 aromatic heterocycles. The van der Waals surface area contributed by atoms with E-state index in [1.165, 1.54) is 0 Å². The van der Waals surface area contributed by atoms with Crippen LogP contribution in [0.5, 0.6) is 0 Å². The molecule has 106 valence electrons. The van der Waals surface area contributed by atoms with E-state index in [1.54, 1.807) is 7.11 Å². The summed E-state index contributed by atoms with van der Waals surface area (Å²) in [5.74, 6) is 0.101. The van der Waals surface area contributed by atoms with E-state index < -0.39 is 5.41 Å². The third kappa shape index (κ3) is 3.43. The highest BCUT2D eigenvalue weighted by Crippen LogP contribution is 2.26. The zero-order chi connectivity index (χ0) is 13.8. The van der Waals surface area contributed by atoms with Crippen molar-refractivity contribution < 1.29 is 9.53 Å². The third-order valence-electron chi connectivity index (χ3n) is 4.04. The van der Waals surface area contributed by atoms with Crippen LogP contribution in [0.25, 0.3) is 0 Å². The number of hydrogen-bond donors (Lipinski definition) is 2. The molecule has 1 fully saturated rings. The van der Waals surface area contributed by atoms with Crippen molar-refractivity contribution >= 4 is 5.91 Å². The SMILES string of the molecule is COCC1(C(=O)NCC(C)(C)N(C)C)CCNC1. The zero-order valence-electron chi connectivity index (χ0n) is 12.3. The van der Waals surface area contributed by atoms with Gasteiger partial charge < -0.3 is 20.3 Å². The second kappa shape index (κ2) is 5.99. The molecule has 1 saturated heterocycles. The van der Waals surface area contributed by atoms with Gasteiger partial charge in [-0.25, -0.2) is 0 Å². The van der Waals surface area contributed by atoms with Crippen molar-refractivity contribution in [2.24, 2.45) is 5.41 Å². The molecular formula is C13H27N3O2. The van der Waals surface area contributed by atoms with Crippen molar-refractivity contribution in [2.45, 2.75) is 25.8 Å². The minimum Gasteiger partial charge on any atom is -0.384 e. The van der Waals surface area contributed by atoms with Gasteiger partial charge in [-0.1, -0.05) is 0 Å². The topological polar surface area (TPSA) is 53.6 Å². The number of methoxy groups -OCH3 is 1. The van der Waals surface area contributed by atoms with Crippen LogP contribution in [-0.2, 0) is 9.53 Å². The van der Waals surface area contributed by atoms with Crippen molar-refractivity contribution in [1.82, 2.24) is 15.5 Å². The van der Waals surface area contributed by atoms with E-state index in [0.29, 0.717) is 19.7 Å². The van der Waals surface area contributed by atoms with Crippen LogP contribution in [0, 0.1) is 5.41 Å². The molecule has 5 nitrogen and oxygen atoms in total. The molecule has 0 spiro atoms. The standard InChI is InChI=1S/C13H27N3O2/c1-12(2,16(3)4)8-15-11(17)13(10-18-5)6-7-14-9-13/h14H,6-10H2,1-5H3,(H,15,17). The molecule has 1 heterocycles. The normalized spacial score (nSPS) is 24.6. The van der Waals surface area contributed by atoms with Crippen LogP contribution in [0.3, 0.4) is 0 Å². The zero-order valence-corrected chi connectivity index (χ0v) is 12.3. The predicted octanol–water partition coefficient (Wildman–Crippen LogP) is 0.0689. The molecule has 0 bridgehead atoms. The van der Waals surface area contributed by atoms with Gasteiger partial charge >= 0.3 is 0 Å². The van der Waals surface area contributed by atoms with Gasteiger partial charge in [0, 0.05) is 25.7 Å². The van der Waals surface area contributed by atoms with E-state index >= 15 is 0 Å². The smallest absolute Gasteiger partial charge is 0.229 e. The van der Waals surface area contributed by atoms with E-state index in [1.807, 2.05) is 14.1 Å². The second-order valence-electron chi connectivity index (χ2n) is 6.03. The number of rotatable bonds is 6. The van der Waals surface area contributed by atoms with E-state index in [2.05, 4.69) is 29.4 Å². The van der Waals surface area contributed by atoms with Crippen LogP contribution in [0.2, 0.25) is 0 Å². The maximum atomic E-state index is 12.4. The van der Waals surface area contributed by atoms with Gasteiger partial charge in [0.15, 0.2) is 0 Å². The maximum absolute atomic E-state index is 12.4. The molecule has 0 aromatic rings. The van der Waals surface area contributed by atoms with Gasteiger partial charge in [0.05, 0.1) is 12.0 Å². The Balaban J connectivity index is 2.58. The minimum atomic E-state index is -0.392. The monoisotopic (exact) mass is 257 g/mol. The van der Waals surface area contributed by atoms with Crippen LogP contribution in [0.4, 0.5) is 0 Å². The Bertz CT molecular complexity index is 284. The lowest BCUT2D eigenvalue weighted by Gasteiger charge is -2.34. The van der Waals surface area contributed by atoms with Crippen molar-refractivity contribution in [2.75, 3.05) is 47.4 Å². The average Bonchev–Trinajstić information content (AvgIpc) is 2.76. The molecule has 18 heavy (non-hydrogen) atoms. The number of nitrogens with one attached hydrogen (secondary N) is 2. The summed E-state index contributed by atoms with van der Waals surface area (Å²) in [6, 6.07) is 0. The first kappa shape index (κ1) is 15.4. The minimum absolute atomic E-state index is 0.0457. The summed E-state index contributed by atoms with van der Waals surface area (Å²) >= 11 is 0. The quantitative estimate of drug-likeness (QED) is 0.707. The Morgan fingerprint density at radius 2 is 2.17 bits per heavy atom. The number of hydrogen-bond acceptors (Lipinski definition) is 4. The average molecular weight is 257 g/mol. The Labute approximate surface area is 110 Å². The molecule has 5 heteroatoms. The van der Waals surface area contributed by atoms with E-state index in [4.69, 9.17) is 4.74 Å². The molecular weight excluding hydrogens is 230 g/mol. The van der Waals surface area contributed by atoms with Crippen LogP contribution < -0.4 is 10.6 Å². The summed E-state index contributed by atoms with van der Waals surface area (Å²) in [5.41, 5.74) is -0.437. The molecule has 1 aliphatic heterocycles. The Hall–Kier alpha value is -0.650. The number of carbonyl (C=O) groups is 1. The highest BCUT2D eigenvalue weighted by Gasteiger charge is 2.41. The lowest BCUT2D eigenvalue weighted by atomic mass is 9.86. The highest BCUT2D eigenvalue weighted by atomic mass is 16.5. The molecule has 1 atom stereocenters. The molecule has 0 saturated carbocycles. The first-order valence-corrected chi connectivity index (χ1v) is 6.49. The van der Waals surface area contributed by atoms with Gasteiger partial charge in [0.2, 0.25) is 5.91 Å². The van der Waals surface area contributed by atoms with Crippen molar-refractivity contribution in [3.05, 3.63) is 0 Å². The molecule has 2 N–H and O–H groups in total. The van der Waals surface area contributed by atoms with Gasteiger partial charge in [-0.15, -0.1) is 0 Å². The van der Waals surface area contributed by atoms with Crippen molar-refractivity contribution in [3.63, 3.8) is 0 Å². The molecule has 1 unspecified atom stereocenters. The van der Waals surface area contributed by atoms with E-state index in [-0.39, 0.29) is 11.4 Å². The summed E-state index contributed by atoms with van der Waals surface area (Å²) in [6.45, 7) is 6.94. The highest BCUT2D eigenvalue weighted by molar-refractivity contribution is 5.83. The van der Waals surface area contributed by atoms with Gasteiger partial charge in [0.1, 0.15) is 0 Å². The Morgan fingerprint density at radius 3 is 2.61 bits per heavy atom. The summed E-state index contributed by atoms with van der Waals surface area (Å²) in [6.07, 6.45) is 0.842. The fourth-order valence-electron chi connectivity index (χ4n) is 2.04. The number of amides is 1. The third-order valence-corrected chi connectivity index (χ3v) is 4.04. The first-order chi connectivity index (χ1) is 8.34. The summed E-state index contributed by atoms with van der Waals surface area (Å²) in [4.78, 5) is 14.5. The van der Waals surface area contributed by atoms with Crippen molar-refractivity contribution in [1.29, 1.82) is 0 Å². The Kier molecular flexibility index (Phi) is 5.13. The summed E-state index contributed by atoms with van der Waals surface area (Å²) < 4.78 is 5.22. The second-order valence-corrected chi connectivity index (χ2v) is 6.03. The van der Waals surface area contributed by atoms with E-state index in [0.717, 1.165) is 13.0 Å². The molecule has 1 aliphatic rings. The number of likely N-dealkylation sites (N-methyl/N-ethyl adjacent to an activating group) is 1. The Morgan fingerprint density at radius 1 is 1.50 bits per heavy atom. The first-order valence-electron chi connectivity index (χ1n) is 6.49.